The molecular formula is C24H20F2N4O5S. The molecule has 0 radical (unpaired) electrons. The number of benzene rings is 2. The number of fused-ring (bicyclic) bond motifs is 1. The molecule has 1 N–H and O–H groups in total. The van der Waals surface area contributed by atoms with Crippen molar-refractivity contribution in [3.63, 3.8) is 0 Å². The van der Waals surface area contributed by atoms with Gasteiger partial charge in [0.1, 0.15) is 0 Å². The molecule has 2 aromatic heterocycles. The van der Waals surface area contributed by atoms with Crippen molar-refractivity contribution in [1.29, 1.82) is 0 Å². The van der Waals surface area contributed by atoms with Crippen molar-refractivity contribution in [3.8, 4) is 0 Å². The number of carbonyl (C=O) groups is 2. The van der Waals surface area contributed by atoms with Gasteiger partial charge in [-0.25, -0.2) is 27.0 Å². The third kappa shape index (κ3) is 4.93. The Balaban J connectivity index is 1.46. The van der Waals surface area contributed by atoms with Gasteiger partial charge in [-0.05, 0) is 35.9 Å². The summed E-state index contributed by atoms with van der Waals surface area (Å²) in [7, 11) is -2.80. The number of nitrogens with zero attached hydrogens (tertiary/aromatic N) is 3. The number of carbonyl (C=O) groups excluding carboxylic acids is 2. The van der Waals surface area contributed by atoms with E-state index in [1.54, 1.807) is 0 Å². The molecule has 4 rings (SSSR count). The number of pyridine rings is 1. The minimum atomic E-state index is -4.01. The first-order valence-corrected chi connectivity index (χ1v) is 12.0. The SMILES string of the molecule is COC(=O)n1ncc2cc(C(=O)NCc3ccc(S(=O)(=O)c4cccc(C(C)(F)F)c4)cc3)cnc21. The van der Waals surface area contributed by atoms with Crippen LogP contribution in [0.4, 0.5) is 13.6 Å². The number of ether oxygens (including phenoxy) is 1. The number of halogens is 2. The van der Waals surface area contributed by atoms with Gasteiger partial charge >= 0.3 is 6.09 Å². The van der Waals surface area contributed by atoms with Crippen molar-refractivity contribution in [3.05, 3.63) is 83.7 Å². The first-order valence-electron chi connectivity index (χ1n) is 10.5. The number of sulfone groups is 1. The number of nitrogens with one attached hydrogen (secondary N) is 1. The van der Waals surface area contributed by atoms with E-state index < -0.39 is 33.3 Å². The predicted octanol–water partition coefficient (Wildman–Crippen LogP) is 3.92. The molecule has 186 valence electrons. The monoisotopic (exact) mass is 514 g/mol. The number of amides is 1. The van der Waals surface area contributed by atoms with Crippen molar-refractivity contribution in [2.24, 2.45) is 0 Å². The lowest BCUT2D eigenvalue weighted by atomic mass is 10.1. The first kappa shape index (κ1) is 24.9. The van der Waals surface area contributed by atoms with E-state index in [2.05, 4.69) is 20.1 Å². The summed E-state index contributed by atoms with van der Waals surface area (Å²) < 4.78 is 58.6. The van der Waals surface area contributed by atoms with Gasteiger partial charge in [0.15, 0.2) is 5.65 Å². The third-order valence-electron chi connectivity index (χ3n) is 5.36. The van der Waals surface area contributed by atoms with Crippen LogP contribution in [0.15, 0.2) is 76.8 Å². The van der Waals surface area contributed by atoms with Gasteiger partial charge in [0, 0.05) is 30.6 Å². The highest BCUT2D eigenvalue weighted by molar-refractivity contribution is 7.91. The van der Waals surface area contributed by atoms with Crippen LogP contribution in [0.5, 0.6) is 0 Å². The van der Waals surface area contributed by atoms with Gasteiger partial charge in [0.2, 0.25) is 9.84 Å². The summed E-state index contributed by atoms with van der Waals surface area (Å²) in [5, 5.41) is 7.06. The molecule has 0 aliphatic heterocycles. The number of rotatable bonds is 6. The fraction of sp³-hybridized carbons (Fsp3) is 0.167. The van der Waals surface area contributed by atoms with Crippen molar-refractivity contribution in [2.45, 2.75) is 29.2 Å². The van der Waals surface area contributed by atoms with Gasteiger partial charge in [-0.1, -0.05) is 24.3 Å². The zero-order valence-electron chi connectivity index (χ0n) is 19.1. The molecule has 1 amide bonds. The van der Waals surface area contributed by atoms with E-state index in [1.165, 1.54) is 68.0 Å². The molecule has 2 heterocycles. The standard InChI is InChI=1S/C24H20F2N4O5S/c1-24(25,26)18-4-3-5-20(11-18)36(33,34)19-8-6-15(7-9-19)12-28-22(31)17-10-16-14-29-30(23(32)35-2)21(16)27-13-17/h3-11,13-14H,12H2,1-2H3,(H,28,31). The fourth-order valence-corrected chi connectivity index (χ4v) is 4.72. The molecular weight excluding hydrogens is 494 g/mol. The van der Waals surface area contributed by atoms with Gasteiger partial charge in [0.05, 0.1) is 28.7 Å². The van der Waals surface area contributed by atoms with E-state index in [1.807, 2.05) is 0 Å². The number of hydrogen-bond acceptors (Lipinski definition) is 7. The van der Waals surface area contributed by atoms with Crippen LogP contribution in [0.3, 0.4) is 0 Å². The van der Waals surface area contributed by atoms with Crippen molar-refractivity contribution < 1.29 is 31.5 Å². The molecule has 0 unspecified atom stereocenters. The van der Waals surface area contributed by atoms with Crippen LogP contribution in [0, 0.1) is 0 Å². The van der Waals surface area contributed by atoms with Crippen LogP contribution in [0.1, 0.15) is 28.4 Å². The van der Waals surface area contributed by atoms with Crippen molar-refractivity contribution >= 4 is 32.9 Å². The maximum Gasteiger partial charge on any atom is 0.436 e. The lowest BCUT2D eigenvalue weighted by Gasteiger charge is -2.12. The summed E-state index contributed by atoms with van der Waals surface area (Å²) in [6.45, 7) is 0.793. The highest BCUT2D eigenvalue weighted by atomic mass is 32.2. The van der Waals surface area contributed by atoms with Gasteiger partial charge in [-0.15, -0.1) is 4.68 Å². The van der Waals surface area contributed by atoms with E-state index in [4.69, 9.17) is 0 Å². The molecule has 0 saturated heterocycles. The lowest BCUT2D eigenvalue weighted by Crippen LogP contribution is -2.23. The summed E-state index contributed by atoms with van der Waals surface area (Å²) in [5.74, 6) is -3.61. The molecule has 0 bridgehead atoms. The molecule has 0 spiro atoms. The van der Waals surface area contributed by atoms with Crippen LogP contribution in [0.25, 0.3) is 11.0 Å². The smallest absolute Gasteiger partial charge is 0.436 e. The molecule has 0 atom stereocenters. The second kappa shape index (κ2) is 9.46. The highest BCUT2D eigenvalue weighted by Crippen LogP contribution is 2.30. The van der Waals surface area contributed by atoms with Crippen LogP contribution in [-0.2, 0) is 27.0 Å². The molecule has 36 heavy (non-hydrogen) atoms. The maximum absolute atomic E-state index is 13.6. The van der Waals surface area contributed by atoms with Crippen molar-refractivity contribution in [2.75, 3.05) is 7.11 Å². The zero-order chi connectivity index (χ0) is 26.1. The van der Waals surface area contributed by atoms with Gasteiger partial charge in [-0.3, -0.25) is 4.79 Å². The average molecular weight is 515 g/mol. The minimum absolute atomic E-state index is 0.0635. The Morgan fingerprint density at radius 1 is 1.06 bits per heavy atom. The second-order valence-electron chi connectivity index (χ2n) is 7.91. The molecule has 2 aromatic carbocycles. The van der Waals surface area contributed by atoms with Crippen LogP contribution < -0.4 is 5.32 Å². The third-order valence-corrected chi connectivity index (χ3v) is 7.12. The Kier molecular flexibility index (Phi) is 6.55. The molecule has 0 aliphatic carbocycles. The van der Waals surface area contributed by atoms with Crippen LogP contribution >= 0.6 is 0 Å². The predicted molar refractivity (Wildman–Crippen MR) is 124 cm³/mol. The van der Waals surface area contributed by atoms with Crippen LogP contribution in [-0.4, -0.2) is 42.3 Å². The van der Waals surface area contributed by atoms with Gasteiger partial charge in [-0.2, -0.15) is 5.10 Å². The van der Waals surface area contributed by atoms with E-state index in [-0.39, 0.29) is 27.5 Å². The average Bonchev–Trinajstić information content (AvgIpc) is 3.30. The Morgan fingerprint density at radius 3 is 2.44 bits per heavy atom. The first-order chi connectivity index (χ1) is 17.0. The van der Waals surface area contributed by atoms with E-state index in [9.17, 15) is 26.8 Å². The van der Waals surface area contributed by atoms with Gasteiger partial charge in [0.25, 0.3) is 11.8 Å². The molecule has 0 aliphatic rings. The molecule has 4 aromatic rings. The molecule has 12 heteroatoms. The summed E-state index contributed by atoms with van der Waals surface area (Å²) in [6.07, 6.45) is 1.96. The van der Waals surface area contributed by atoms with E-state index >= 15 is 0 Å². The summed E-state index contributed by atoms with van der Waals surface area (Å²) in [5.41, 5.74) is 0.694. The zero-order valence-corrected chi connectivity index (χ0v) is 19.9. The summed E-state index contributed by atoms with van der Waals surface area (Å²) in [4.78, 5) is 28.0. The Hall–Kier alpha value is -4.19. The Bertz CT molecular complexity index is 1560. The topological polar surface area (TPSA) is 120 Å². The fourth-order valence-electron chi connectivity index (χ4n) is 3.41. The van der Waals surface area contributed by atoms with Crippen LogP contribution in [0.2, 0.25) is 0 Å². The molecule has 0 fully saturated rings. The largest absolute Gasteiger partial charge is 0.451 e. The Labute approximate surface area is 204 Å². The summed E-state index contributed by atoms with van der Waals surface area (Å²) in [6, 6.07) is 11.9. The van der Waals surface area contributed by atoms with Gasteiger partial charge < -0.3 is 10.1 Å². The Morgan fingerprint density at radius 2 is 1.78 bits per heavy atom. The van der Waals surface area contributed by atoms with Crippen molar-refractivity contribution in [1.82, 2.24) is 20.1 Å². The number of alkyl halides is 2. The maximum atomic E-state index is 13.6. The lowest BCUT2D eigenvalue weighted by molar-refractivity contribution is 0.0172. The normalized spacial score (nSPS) is 11.9. The molecule has 0 saturated carbocycles. The van der Waals surface area contributed by atoms with E-state index in [0.29, 0.717) is 17.9 Å². The highest BCUT2D eigenvalue weighted by Gasteiger charge is 2.27. The minimum Gasteiger partial charge on any atom is -0.451 e. The number of aromatic nitrogens is 3. The van der Waals surface area contributed by atoms with E-state index in [0.717, 1.165) is 10.7 Å². The summed E-state index contributed by atoms with van der Waals surface area (Å²) >= 11 is 0. The number of methoxy groups -OCH3 is 1. The second-order valence-corrected chi connectivity index (χ2v) is 9.86. The number of hydrogen-bond donors (Lipinski definition) is 1. The quantitative estimate of drug-likeness (QED) is 0.414. The molecule has 9 nitrogen and oxygen atoms in total.